The Labute approximate surface area is 168 Å². The molecule has 2 amide bonds. The molecule has 7 nitrogen and oxygen atoms in total. The predicted molar refractivity (Wildman–Crippen MR) is 104 cm³/mol. The molecule has 2 aromatic carbocycles. The van der Waals surface area contributed by atoms with Gasteiger partial charge in [0.1, 0.15) is 10.7 Å². The van der Waals surface area contributed by atoms with Crippen molar-refractivity contribution >= 4 is 21.8 Å². The Bertz CT molecular complexity index is 974. The van der Waals surface area contributed by atoms with Crippen LogP contribution < -0.4 is 10.9 Å². The smallest absolute Gasteiger partial charge is 0.245 e. The van der Waals surface area contributed by atoms with Crippen molar-refractivity contribution in [3.8, 4) is 0 Å². The molecule has 0 saturated carbocycles. The Morgan fingerprint density at radius 2 is 1.59 bits per heavy atom. The van der Waals surface area contributed by atoms with Gasteiger partial charge in [-0.3, -0.25) is 20.4 Å². The third-order valence-corrected chi connectivity index (χ3v) is 6.74. The molecule has 1 fully saturated rings. The van der Waals surface area contributed by atoms with Gasteiger partial charge in [-0.25, -0.2) is 12.8 Å². The molecule has 3 rings (SSSR count). The minimum Gasteiger partial charge on any atom is -0.273 e. The van der Waals surface area contributed by atoms with Crippen molar-refractivity contribution in [2.24, 2.45) is 5.92 Å². The molecule has 2 aromatic rings. The summed E-state index contributed by atoms with van der Waals surface area (Å²) in [6.45, 7) is 0.208. The molecule has 0 bridgehead atoms. The van der Waals surface area contributed by atoms with Crippen LogP contribution in [0.25, 0.3) is 0 Å². The number of piperidine rings is 1. The van der Waals surface area contributed by atoms with Crippen LogP contribution in [0, 0.1) is 11.7 Å². The second kappa shape index (κ2) is 9.15. The van der Waals surface area contributed by atoms with Gasteiger partial charge in [-0.05, 0) is 30.5 Å². The van der Waals surface area contributed by atoms with Crippen LogP contribution in [0.5, 0.6) is 0 Å². The third-order valence-electron chi connectivity index (χ3n) is 4.81. The van der Waals surface area contributed by atoms with Crippen molar-refractivity contribution in [3.63, 3.8) is 0 Å². The number of hydrogen-bond acceptors (Lipinski definition) is 4. The maximum absolute atomic E-state index is 13.9. The van der Waals surface area contributed by atoms with Gasteiger partial charge < -0.3 is 0 Å². The topological polar surface area (TPSA) is 95.6 Å². The molecule has 29 heavy (non-hydrogen) atoms. The van der Waals surface area contributed by atoms with Gasteiger partial charge in [0, 0.05) is 19.0 Å². The van der Waals surface area contributed by atoms with Gasteiger partial charge >= 0.3 is 0 Å². The van der Waals surface area contributed by atoms with Crippen molar-refractivity contribution in [2.45, 2.75) is 24.2 Å². The molecule has 0 aromatic heterocycles. The highest BCUT2D eigenvalue weighted by Crippen LogP contribution is 2.25. The summed E-state index contributed by atoms with van der Waals surface area (Å²) in [5.41, 5.74) is 5.61. The highest BCUT2D eigenvalue weighted by Gasteiger charge is 2.33. The number of halogens is 1. The molecule has 154 valence electrons. The minimum atomic E-state index is -3.95. The number of nitrogens with zero attached hydrogens (tertiary/aromatic N) is 1. The van der Waals surface area contributed by atoms with Crippen LogP contribution in [0.15, 0.2) is 59.5 Å². The van der Waals surface area contributed by atoms with E-state index in [9.17, 15) is 22.4 Å². The Morgan fingerprint density at radius 1 is 0.966 bits per heavy atom. The molecule has 0 radical (unpaired) electrons. The van der Waals surface area contributed by atoms with Crippen molar-refractivity contribution < 1.29 is 22.4 Å². The maximum Gasteiger partial charge on any atom is 0.245 e. The highest BCUT2D eigenvalue weighted by atomic mass is 32.2. The number of carbonyl (C=O) groups excluding carboxylic acids is 2. The largest absolute Gasteiger partial charge is 0.273 e. The van der Waals surface area contributed by atoms with E-state index in [2.05, 4.69) is 10.9 Å². The average Bonchev–Trinajstić information content (AvgIpc) is 2.73. The number of carbonyl (C=O) groups is 2. The fourth-order valence-corrected chi connectivity index (χ4v) is 4.74. The quantitative estimate of drug-likeness (QED) is 0.720. The number of rotatable bonds is 5. The van der Waals surface area contributed by atoms with E-state index in [0.717, 1.165) is 11.6 Å². The lowest BCUT2D eigenvalue weighted by molar-refractivity contribution is -0.131. The van der Waals surface area contributed by atoms with Crippen molar-refractivity contribution in [3.05, 3.63) is 66.0 Å². The molecule has 1 heterocycles. The lowest BCUT2D eigenvalue weighted by Crippen LogP contribution is -2.48. The summed E-state index contributed by atoms with van der Waals surface area (Å²) in [4.78, 5) is 23.8. The summed E-state index contributed by atoms with van der Waals surface area (Å²) in [5, 5.41) is 0. The predicted octanol–water partition coefficient (Wildman–Crippen LogP) is 1.62. The van der Waals surface area contributed by atoms with E-state index in [4.69, 9.17) is 0 Å². The molecule has 2 N–H and O–H groups in total. The Balaban J connectivity index is 1.49. The summed E-state index contributed by atoms with van der Waals surface area (Å²) in [6.07, 6.45) is 0.711. The summed E-state index contributed by atoms with van der Waals surface area (Å²) in [7, 11) is -3.95. The Hall–Kier alpha value is -2.78. The monoisotopic (exact) mass is 419 g/mol. The second-order valence-corrected chi connectivity index (χ2v) is 8.71. The first kappa shape index (κ1) is 20.9. The zero-order chi connectivity index (χ0) is 20.9. The maximum atomic E-state index is 13.9. The van der Waals surface area contributed by atoms with E-state index in [1.54, 1.807) is 0 Å². The van der Waals surface area contributed by atoms with Crippen molar-refractivity contribution in [1.82, 2.24) is 15.2 Å². The zero-order valence-corrected chi connectivity index (χ0v) is 16.5. The third kappa shape index (κ3) is 5.18. The molecule has 0 unspecified atom stereocenters. The zero-order valence-electron chi connectivity index (χ0n) is 15.7. The molecule has 9 heteroatoms. The number of nitrogens with one attached hydrogen (secondary N) is 2. The van der Waals surface area contributed by atoms with Crippen LogP contribution in [0.3, 0.4) is 0 Å². The van der Waals surface area contributed by atoms with E-state index in [1.807, 2.05) is 30.3 Å². The van der Waals surface area contributed by atoms with E-state index in [0.29, 0.717) is 0 Å². The van der Waals surface area contributed by atoms with Crippen molar-refractivity contribution in [2.75, 3.05) is 13.1 Å². The van der Waals surface area contributed by atoms with Crippen LogP contribution in [0.2, 0.25) is 0 Å². The molecular formula is C20H22FN3O4S. The molecule has 1 aliphatic heterocycles. The molecule has 1 saturated heterocycles. The lowest BCUT2D eigenvalue weighted by Gasteiger charge is -2.30. The summed E-state index contributed by atoms with van der Waals surface area (Å²) in [5.74, 6) is -1.94. The normalized spacial score (nSPS) is 15.6. The van der Waals surface area contributed by atoms with Gasteiger partial charge in [-0.2, -0.15) is 4.31 Å². The van der Waals surface area contributed by atoms with Gasteiger partial charge in [-0.15, -0.1) is 0 Å². The number of sulfonamides is 1. The van der Waals surface area contributed by atoms with Gasteiger partial charge in [0.05, 0.1) is 6.42 Å². The Morgan fingerprint density at radius 3 is 2.24 bits per heavy atom. The number of benzene rings is 2. The van der Waals surface area contributed by atoms with Gasteiger partial charge in [-0.1, -0.05) is 42.5 Å². The van der Waals surface area contributed by atoms with E-state index >= 15 is 0 Å². The fraction of sp³-hybridized carbons (Fsp3) is 0.300. The van der Waals surface area contributed by atoms with E-state index in [-0.39, 0.29) is 49.1 Å². The Kier molecular flexibility index (Phi) is 6.60. The molecule has 0 atom stereocenters. The van der Waals surface area contributed by atoms with E-state index < -0.39 is 21.8 Å². The van der Waals surface area contributed by atoms with Crippen LogP contribution in [0.4, 0.5) is 4.39 Å². The van der Waals surface area contributed by atoms with Crippen LogP contribution in [-0.2, 0) is 26.0 Å². The number of hydrogen-bond donors (Lipinski definition) is 2. The summed E-state index contributed by atoms with van der Waals surface area (Å²) >= 11 is 0. The summed E-state index contributed by atoms with van der Waals surface area (Å²) in [6, 6.07) is 14.3. The number of amides is 2. The second-order valence-electron chi connectivity index (χ2n) is 6.81. The number of hydrazine groups is 1. The van der Waals surface area contributed by atoms with Gasteiger partial charge in [0.15, 0.2) is 0 Å². The summed E-state index contributed by atoms with van der Waals surface area (Å²) < 4.78 is 40.3. The molecular weight excluding hydrogens is 397 g/mol. The average molecular weight is 419 g/mol. The standard InChI is InChI=1S/C20H22FN3O4S/c21-17-8-4-5-9-18(17)29(27,28)24-12-10-16(11-13-24)20(26)23-22-19(25)14-15-6-2-1-3-7-15/h1-9,16H,10-14H2,(H,22,25)(H,23,26). The fourth-order valence-electron chi connectivity index (χ4n) is 3.21. The SMILES string of the molecule is O=C(Cc1ccccc1)NNC(=O)C1CCN(S(=O)(=O)c2ccccc2F)CC1. The highest BCUT2D eigenvalue weighted by molar-refractivity contribution is 7.89. The molecule has 0 aliphatic carbocycles. The van der Waals surface area contributed by atoms with Crippen molar-refractivity contribution in [1.29, 1.82) is 0 Å². The van der Waals surface area contributed by atoms with Crippen LogP contribution >= 0.6 is 0 Å². The first-order valence-corrected chi connectivity index (χ1v) is 10.7. The van der Waals surface area contributed by atoms with Gasteiger partial charge in [0.2, 0.25) is 21.8 Å². The van der Waals surface area contributed by atoms with Crippen LogP contribution in [-0.4, -0.2) is 37.6 Å². The first-order chi connectivity index (χ1) is 13.9. The molecule has 0 spiro atoms. The van der Waals surface area contributed by atoms with Gasteiger partial charge in [0.25, 0.3) is 0 Å². The lowest BCUT2D eigenvalue weighted by atomic mass is 9.98. The first-order valence-electron chi connectivity index (χ1n) is 9.25. The van der Waals surface area contributed by atoms with E-state index in [1.165, 1.54) is 22.5 Å². The molecule has 1 aliphatic rings. The van der Waals surface area contributed by atoms with Crippen LogP contribution in [0.1, 0.15) is 18.4 Å². The minimum absolute atomic E-state index is 0.104.